The van der Waals surface area contributed by atoms with Crippen molar-refractivity contribution >= 4 is 0 Å². The molecule has 0 aromatic rings. The molecule has 0 saturated carbocycles. The highest BCUT2D eigenvalue weighted by Gasteiger charge is 2.33. The van der Waals surface area contributed by atoms with Gasteiger partial charge in [-0.1, -0.05) is 44.6 Å². The van der Waals surface area contributed by atoms with Gasteiger partial charge in [-0.15, -0.1) is 0 Å². The molecule has 0 amide bonds. The summed E-state index contributed by atoms with van der Waals surface area (Å²) in [5, 5.41) is 0. The molecule has 0 bridgehead atoms. The van der Waals surface area contributed by atoms with Crippen molar-refractivity contribution < 1.29 is 4.74 Å². The topological polar surface area (TPSA) is 9.23 Å². The lowest BCUT2D eigenvalue weighted by Crippen LogP contribution is -2.22. The number of ether oxygens (including phenoxy) is 1. The fraction of sp³-hybridized carbons (Fsp3) is 0.733. The molecule has 1 saturated heterocycles. The first-order valence-corrected chi connectivity index (χ1v) is 6.49. The summed E-state index contributed by atoms with van der Waals surface area (Å²) >= 11 is 0. The summed E-state index contributed by atoms with van der Waals surface area (Å²) < 4.78 is 6.05. The number of allylic oxidation sites excluding steroid dienone is 1. The Morgan fingerprint density at radius 1 is 1.62 bits per heavy atom. The molecule has 0 N–H and O–H groups in total. The van der Waals surface area contributed by atoms with E-state index < -0.39 is 0 Å². The molecular weight excluding hydrogens is 196 g/mol. The smallest absolute Gasteiger partial charge is 0.0843 e. The molecule has 0 aromatic heterocycles. The Hall–Kier alpha value is -0.560. The van der Waals surface area contributed by atoms with Crippen LogP contribution in [0.1, 0.15) is 53.4 Å². The van der Waals surface area contributed by atoms with Gasteiger partial charge >= 0.3 is 0 Å². The zero-order valence-electron chi connectivity index (χ0n) is 11.3. The van der Waals surface area contributed by atoms with Gasteiger partial charge in [-0.05, 0) is 39.0 Å². The molecule has 16 heavy (non-hydrogen) atoms. The molecule has 1 fully saturated rings. The van der Waals surface area contributed by atoms with Gasteiger partial charge in [0.15, 0.2) is 0 Å². The molecule has 1 unspecified atom stereocenters. The summed E-state index contributed by atoms with van der Waals surface area (Å²) in [5.41, 5.74) is 1.09. The molecule has 0 aromatic carbocycles. The average molecular weight is 222 g/mol. The summed E-state index contributed by atoms with van der Waals surface area (Å²) in [7, 11) is 0. The predicted octanol–water partition coefficient (Wildman–Crippen LogP) is 4.49. The van der Waals surface area contributed by atoms with Crippen molar-refractivity contribution in [2.45, 2.75) is 65.1 Å². The van der Waals surface area contributed by atoms with Gasteiger partial charge in [-0.3, -0.25) is 0 Å². The number of rotatable bonds is 5. The lowest BCUT2D eigenvalue weighted by atomic mass is 9.97. The first-order valence-electron chi connectivity index (χ1n) is 6.49. The SMILES string of the molecule is C=C(C)[C@@H]1CC[C@](C)(/C=C/C(C)CCC)O1. The summed E-state index contributed by atoms with van der Waals surface area (Å²) in [6.45, 7) is 12.7. The number of hydrogen-bond donors (Lipinski definition) is 0. The second kappa shape index (κ2) is 5.67. The van der Waals surface area contributed by atoms with Gasteiger partial charge in [0.2, 0.25) is 0 Å². The van der Waals surface area contributed by atoms with Crippen LogP contribution in [0.3, 0.4) is 0 Å². The maximum atomic E-state index is 6.05. The second-order valence-electron chi connectivity index (χ2n) is 5.43. The van der Waals surface area contributed by atoms with Gasteiger partial charge in [-0.2, -0.15) is 0 Å². The molecular formula is C15H26O. The van der Waals surface area contributed by atoms with Crippen molar-refractivity contribution in [3.63, 3.8) is 0 Å². The summed E-state index contributed by atoms with van der Waals surface area (Å²) in [4.78, 5) is 0. The third kappa shape index (κ3) is 3.79. The van der Waals surface area contributed by atoms with Crippen LogP contribution < -0.4 is 0 Å². The van der Waals surface area contributed by atoms with E-state index in [4.69, 9.17) is 4.74 Å². The Morgan fingerprint density at radius 3 is 2.81 bits per heavy atom. The minimum absolute atomic E-state index is 0.0639. The van der Waals surface area contributed by atoms with Crippen molar-refractivity contribution in [3.8, 4) is 0 Å². The summed E-state index contributed by atoms with van der Waals surface area (Å²) in [6, 6.07) is 0. The molecule has 1 aliphatic rings. The highest BCUT2D eigenvalue weighted by molar-refractivity contribution is 5.10. The lowest BCUT2D eigenvalue weighted by molar-refractivity contribution is 0.0218. The van der Waals surface area contributed by atoms with Crippen LogP contribution in [-0.4, -0.2) is 11.7 Å². The van der Waals surface area contributed by atoms with Crippen LogP contribution >= 0.6 is 0 Å². The van der Waals surface area contributed by atoms with Crippen molar-refractivity contribution in [1.29, 1.82) is 0 Å². The van der Waals surface area contributed by atoms with Gasteiger partial charge in [0.25, 0.3) is 0 Å². The average Bonchev–Trinajstić information content (AvgIpc) is 2.60. The molecule has 0 spiro atoms. The molecule has 0 aliphatic carbocycles. The molecule has 1 heteroatoms. The van der Waals surface area contributed by atoms with Crippen LogP contribution in [0.2, 0.25) is 0 Å². The molecule has 92 valence electrons. The van der Waals surface area contributed by atoms with Crippen LogP contribution in [0.5, 0.6) is 0 Å². The first-order chi connectivity index (χ1) is 7.47. The maximum Gasteiger partial charge on any atom is 0.0843 e. The van der Waals surface area contributed by atoms with Crippen molar-refractivity contribution in [3.05, 3.63) is 24.3 Å². The minimum atomic E-state index is -0.0639. The lowest BCUT2D eigenvalue weighted by Gasteiger charge is -2.21. The quantitative estimate of drug-likeness (QED) is 0.623. The molecule has 1 heterocycles. The van der Waals surface area contributed by atoms with E-state index in [1.807, 2.05) is 0 Å². The molecule has 3 atom stereocenters. The van der Waals surface area contributed by atoms with E-state index in [9.17, 15) is 0 Å². The van der Waals surface area contributed by atoms with E-state index >= 15 is 0 Å². The molecule has 1 aliphatic heterocycles. The minimum Gasteiger partial charge on any atom is -0.364 e. The van der Waals surface area contributed by atoms with Gasteiger partial charge in [0.1, 0.15) is 0 Å². The standard InChI is InChI=1S/C15H26O/c1-6-7-13(4)8-10-15(5)11-9-14(16-15)12(2)3/h8,10,13-14H,2,6-7,9,11H2,1,3-5H3/b10-8+/t13?,14-,15-/m0/s1. The van der Waals surface area contributed by atoms with Crippen LogP contribution in [0.25, 0.3) is 0 Å². The Labute approximate surface area is 101 Å². The van der Waals surface area contributed by atoms with E-state index in [-0.39, 0.29) is 11.7 Å². The monoisotopic (exact) mass is 222 g/mol. The third-order valence-corrected chi connectivity index (χ3v) is 3.39. The van der Waals surface area contributed by atoms with Crippen molar-refractivity contribution in [1.82, 2.24) is 0 Å². The van der Waals surface area contributed by atoms with Crippen molar-refractivity contribution in [2.24, 2.45) is 5.92 Å². The maximum absolute atomic E-state index is 6.05. The Balaban J connectivity index is 2.51. The Bertz CT molecular complexity index is 267. The van der Waals surface area contributed by atoms with E-state index in [2.05, 4.69) is 46.4 Å². The van der Waals surface area contributed by atoms with Crippen LogP contribution in [0, 0.1) is 5.92 Å². The summed E-state index contributed by atoms with van der Waals surface area (Å²) in [5.74, 6) is 0.661. The van der Waals surface area contributed by atoms with Crippen LogP contribution in [0.15, 0.2) is 24.3 Å². The van der Waals surface area contributed by atoms with E-state index in [1.54, 1.807) is 0 Å². The van der Waals surface area contributed by atoms with Crippen LogP contribution in [-0.2, 0) is 4.74 Å². The van der Waals surface area contributed by atoms with Crippen molar-refractivity contribution in [2.75, 3.05) is 0 Å². The largest absolute Gasteiger partial charge is 0.364 e. The van der Waals surface area contributed by atoms with Gasteiger partial charge in [0.05, 0.1) is 11.7 Å². The third-order valence-electron chi connectivity index (χ3n) is 3.39. The molecule has 0 radical (unpaired) electrons. The van der Waals surface area contributed by atoms with E-state index in [0.717, 1.165) is 18.4 Å². The zero-order chi connectivity index (χ0) is 12.2. The zero-order valence-corrected chi connectivity index (χ0v) is 11.3. The van der Waals surface area contributed by atoms with Gasteiger partial charge in [-0.25, -0.2) is 0 Å². The Kier molecular flexibility index (Phi) is 4.79. The van der Waals surface area contributed by atoms with Gasteiger partial charge < -0.3 is 4.74 Å². The normalized spacial score (nSPS) is 32.1. The Morgan fingerprint density at radius 2 is 2.31 bits per heavy atom. The molecule has 1 rings (SSSR count). The first kappa shape index (κ1) is 13.5. The summed E-state index contributed by atoms with van der Waals surface area (Å²) in [6.07, 6.45) is 9.56. The van der Waals surface area contributed by atoms with Gasteiger partial charge in [0, 0.05) is 0 Å². The predicted molar refractivity (Wildman–Crippen MR) is 70.5 cm³/mol. The molecule has 1 nitrogen and oxygen atoms in total. The highest BCUT2D eigenvalue weighted by atomic mass is 16.5. The fourth-order valence-electron chi connectivity index (χ4n) is 2.25. The number of hydrogen-bond acceptors (Lipinski definition) is 1. The van der Waals surface area contributed by atoms with E-state index in [1.165, 1.54) is 12.8 Å². The highest BCUT2D eigenvalue weighted by Crippen LogP contribution is 2.34. The fourth-order valence-corrected chi connectivity index (χ4v) is 2.25. The second-order valence-corrected chi connectivity index (χ2v) is 5.43. The van der Waals surface area contributed by atoms with Crippen LogP contribution in [0.4, 0.5) is 0 Å². The van der Waals surface area contributed by atoms with E-state index in [0.29, 0.717) is 5.92 Å².